The van der Waals surface area contributed by atoms with Crippen molar-refractivity contribution in [2.75, 3.05) is 7.11 Å². The Kier molecular flexibility index (Phi) is 19.8. The van der Waals surface area contributed by atoms with Crippen molar-refractivity contribution in [3.8, 4) is 17.2 Å². The predicted octanol–water partition coefficient (Wildman–Crippen LogP) is 8.98. The van der Waals surface area contributed by atoms with Crippen LogP contribution in [0.2, 0.25) is 0 Å². The van der Waals surface area contributed by atoms with Crippen molar-refractivity contribution in [3.63, 3.8) is 0 Å². The average Bonchev–Trinajstić information content (AvgIpc) is 3.08. The van der Waals surface area contributed by atoms with Gasteiger partial charge in [0.2, 0.25) is 0 Å². The Balaban J connectivity index is 1.69. The van der Waals surface area contributed by atoms with Crippen molar-refractivity contribution in [1.29, 1.82) is 0 Å². The molecule has 0 radical (unpaired) electrons. The molecule has 0 fully saturated rings. The van der Waals surface area contributed by atoms with Crippen LogP contribution in [0.4, 0.5) is 0 Å². The van der Waals surface area contributed by atoms with Gasteiger partial charge < -0.3 is 19.7 Å². The number of methoxy groups -OCH3 is 1. The maximum Gasteiger partial charge on any atom is 0.311 e. The van der Waals surface area contributed by atoms with Crippen LogP contribution in [0.3, 0.4) is 0 Å². The molecule has 0 heterocycles. The molecule has 0 saturated heterocycles. The first-order chi connectivity index (χ1) is 23.4. The summed E-state index contributed by atoms with van der Waals surface area (Å²) in [5, 5.41) is 19.5. The lowest BCUT2D eigenvalue weighted by molar-refractivity contribution is -0.134. The molecule has 2 aromatic rings. The zero-order valence-corrected chi connectivity index (χ0v) is 28.1. The van der Waals surface area contributed by atoms with Crippen LogP contribution in [-0.2, 0) is 21.0 Å². The van der Waals surface area contributed by atoms with Gasteiger partial charge in [-0.3, -0.25) is 14.4 Å². The number of phenols is 1. The molecule has 0 saturated carbocycles. The first-order valence-electron chi connectivity index (χ1n) is 16.3. The molecule has 7 nitrogen and oxygen atoms in total. The van der Waals surface area contributed by atoms with Gasteiger partial charge in [0.15, 0.2) is 23.1 Å². The maximum atomic E-state index is 12.4. The number of aliphatic hydroxyl groups excluding tert-OH is 1. The molecule has 0 atom stereocenters. The number of esters is 1. The van der Waals surface area contributed by atoms with Gasteiger partial charge in [-0.05, 0) is 92.5 Å². The summed E-state index contributed by atoms with van der Waals surface area (Å²) in [6.45, 7) is 1.79. The van der Waals surface area contributed by atoms with Crippen LogP contribution in [0.15, 0.2) is 109 Å². The molecular formula is C41H48O7. The summed E-state index contributed by atoms with van der Waals surface area (Å²) in [7, 11) is 1.43. The predicted molar refractivity (Wildman–Crippen MR) is 194 cm³/mol. The second-order valence-corrected chi connectivity index (χ2v) is 10.8. The molecular weight excluding hydrogens is 604 g/mol. The number of phenolic OH excluding ortho intramolecular Hbond substituents is 1. The molecule has 0 amide bonds. The van der Waals surface area contributed by atoms with E-state index in [0.717, 1.165) is 38.5 Å². The number of hydrogen-bond donors (Lipinski definition) is 2. The van der Waals surface area contributed by atoms with Crippen LogP contribution in [0, 0.1) is 0 Å². The number of benzene rings is 2. The molecule has 0 unspecified atom stereocenters. The zero-order valence-electron chi connectivity index (χ0n) is 28.1. The van der Waals surface area contributed by atoms with Crippen molar-refractivity contribution in [2.24, 2.45) is 0 Å². The van der Waals surface area contributed by atoms with E-state index in [-0.39, 0.29) is 54.2 Å². The molecule has 254 valence electrons. The number of aromatic hydroxyl groups is 1. The van der Waals surface area contributed by atoms with E-state index in [1.165, 1.54) is 25.3 Å². The fraction of sp³-hybridized carbons (Fsp3) is 0.293. The van der Waals surface area contributed by atoms with E-state index >= 15 is 0 Å². The SMILES string of the molecule is CC/C=C\C/C=C\C/C=C\C/C=C\C/C=C\CCCC(=O)Oc1ccc(/C=C/C(=O)CC(=O)/C=C/c2ccc(O)c(OC)c2)cc1CO. The molecule has 0 spiro atoms. The van der Waals surface area contributed by atoms with Crippen LogP contribution in [0.5, 0.6) is 17.2 Å². The van der Waals surface area contributed by atoms with Crippen molar-refractivity contribution < 1.29 is 34.1 Å². The Morgan fingerprint density at radius 2 is 1.25 bits per heavy atom. The van der Waals surface area contributed by atoms with Crippen molar-refractivity contribution in [1.82, 2.24) is 0 Å². The third-order valence-corrected chi connectivity index (χ3v) is 6.86. The standard InChI is InChI=1S/C41H48O7/c1-3-4-5-6-7-8-9-10-11-12-13-14-15-16-17-18-19-20-41(46)48-39-28-24-33(29-35(39)32-42)21-25-36(43)31-37(44)26-22-34-23-27-38(45)40(30-34)47-2/h4-5,7-8,10-11,13-14,16-17,21-30,42,45H,3,6,9,12,15,18-20,31-32H2,1-2H3/b5-4-,8-7-,11-10-,14-13-,17-16-,25-21+,26-22+. The molecule has 0 bridgehead atoms. The van der Waals surface area contributed by atoms with Crippen molar-refractivity contribution in [2.45, 2.75) is 71.3 Å². The van der Waals surface area contributed by atoms with Gasteiger partial charge in [0, 0.05) is 12.0 Å². The minimum Gasteiger partial charge on any atom is -0.504 e. The smallest absolute Gasteiger partial charge is 0.311 e. The number of carbonyl (C=O) groups is 3. The Labute approximate surface area is 285 Å². The summed E-state index contributed by atoms with van der Waals surface area (Å²) in [6.07, 6.45) is 33.3. The molecule has 2 N–H and O–H groups in total. The molecule has 0 aliphatic carbocycles. The summed E-state index contributed by atoms with van der Waals surface area (Å²) >= 11 is 0. The van der Waals surface area contributed by atoms with Crippen LogP contribution >= 0.6 is 0 Å². The summed E-state index contributed by atoms with van der Waals surface area (Å²) in [5.74, 6) is -0.605. The van der Waals surface area contributed by atoms with Crippen LogP contribution in [0.25, 0.3) is 12.2 Å². The first-order valence-corrected chi connectivity index (χ1v) is 16.3. The van der Waals surface area contributed by atoms with Gasteiger partial charge in [-0.25, -0.2) is 0 Å². The highest BCUT2D eigenvalue weighted by Crippen LogP contribution is 2.27. The summed E-state index contributed by atoms with van der Waals surface area (Å²) < 4.78 is 10.5. The summed E-state index contributed by atoms with van der Waals surface area (Å²) in [5.41, 5.74) is 1.67. The largest absolute Gasteiger partial charge is 0.504 e. The number of ketones is 2. The van der Waals surface area contributed by atoms with E-state index in [2.05, 4.69) is 67.7 Å². The topological polar surface area (TPSA) is 110 Å². The van der Waals surface area contributed by atoms with E-state index in [9.17, 15) is 24.6 Å². The van der Waals surface area contributed by atoms with E-state index in [1.54, 1.807) is 42.5 Å². The van der Waals surface area contributed by atoms with Gasteiger partial charge in [-0.1, -0.05) is 92.0 Å². The highest BCUT2D eigenvalue weighted by Gasteiger charge is 2.10. The second-order valence-electron chi connectivity index (χ2n) is 10.8. The van der Waals surface area contributed by atoms with E-state index in [1.807, 2.05) is 0 Å². The van der Waals surface area contributed by atoms with Crippen LogP contribution in [-0.4, -0.2) is 34.9 Å². The van der Waals surface area contributed by atoms with Gasteiger partial charge in [0.1, 0.15) is 5.75 Å². The lowest BCUT2D eigenvalue weighted by Crippen LogP contribution is -2.09. The molecule has 0 aliphatic rings. The van der Waals surface area contributed by atoms with Crippen molar-refractivity contribution >= 4 is 29.7 Å². The number of hydrogen-bond acceptors (Lipinski definition) is 7. The fourth-order valence-electron chi connectivity index (χ4n) is 4.30. The Morgan fingerprint density at radius 1 is 0.708 bits per heavy atom. The van der Waals surface area contributed by atoms with Crippen molar-refractivity contribution in [3.05, 3.63) is 126 Å². The van der Waals surface area contributed by atoms with Gasteiger partial charge in [0.25, 0.3) is 0 Å². The van der Waals surface area contributed by atoms with Crippen LogP contribution < -0.4 is 9.47 Å². The summed E-state index contributed by atoms with van der Waals surface area (Å²) in [6, 6.07) is 9.53. The number of aliphatic hydroxyl groups is 1. The third kappa shape index (κ3) is 17.1. The van der Waals surface area contributed by atoms with Gasteiger partial charge in [-0.2, -0.15) is 0 Å². The number of unbranched alkanes of at least 4 members (excludes halogenated alkanes) is 1. The minimum absolute atomic E-state index is 0.00937. The van der Waals surface area contributed by atoms with E-state index in [0.29, 0.717) is 23.1 Å². The fourth-order valence-corrected chi connectivity index (χ4v) is 4.30. The molecule has 2 rings (SSSR count). The lowest BCUT2D eigenvalue weighted by Gasteiger charge is -2.09. The average molecular weight is 653 g/mol. The normalized spacial score (nSPS) is 12.2. The maximum absolute atomic E-state index is 12.4. The Morgan fingerprint density at radius 3 is 1.81 bits per heavy atom. The van der Waals surface area contributed by atoms with Gasteiger partial charge in [-0.15, -0.1) is 0 Å². The van der Waals surface area contributed by atoms with E-state index < -0.39 is 0 Å². The minimum atomic E-state index is -0.387. The lowest BCUT2D eigenvalue weighted by atomic mass is 10.1. The Hall–Kier alpha value is -5.01. The molecule has 7 heteroatoms. The van der Waals surface area contributed by atoms with E-state index in [4.69, 9.17) is 9.47 Å². The van der Waals surface area contributed by atoms with Gasteiger partial charge >= 0.3 is 5.97 Å². The Bertz CT molecular complexity index is 1520. The number of rotatable bonds is 22. The molecule has 0 aliphatic heterocycles. The number of carbonyl (C=O) groups excluding carboxylic acids is 3. The summed E-state index contributed by atoms with van der Waals surface area (Å²) in [4.78, 5) is 36.9. The van der Waals surface area contributed by atoms with Gasteiger partial charge in [0.05, 0.1) is 20.1 Å². The third-order valence-electron chi connectivity index (χ3n) is 6.86. The first kappa shape index (κ1) is 39.2. The molecule has 2 aromatic carbocycles. The quantitative estimate of drug-likeness (QED) is 0.0326. The highest BCUT2D eigenvalue weighted by atomic mass is 16.5. The van der Waals surface area contributed by atoms with Crippen LogP contribution in [0.1, 0.15) is 81.4 Å². The second kappa shape index (κ2) is 24.2. The molecule has 0 aromatic heterocycles. The molecule has 48 heavy (non-hydrogen) atoms. The monoisotopic (exact) mass is 652 g/mol. The highest BCUT2D eigenvalue weighted by molar-refractivity contribution is 6.10. The number of ether oxygens (including phenoxy) is 2. The number of allylic oxidation sites excluding steroid dienone is 12. The zero-order chi connectivity index (χ0) is 34.8.